The van der Waals surface area contributed by atoms with Gasteiger partial charge in [0.05, 0.1) is 15.1 Å². The molecule has 0 heterocycles. The van der Waals surface area contributed by atoms with E-state index in [2.05, 4.69) is 0 Å². The molecule has 0 radical (unpaired) electrons. The summed E-state index contributed by atoms with van der Waals surface area (Å²) in [7, 11) is 1.11. The van der Waals surface area contributed by atoms with Crippen LogP contribution in [0.15, 0.2) is 17.0 Å². The summed E-state index contributed by atoms with van der Waals surface area (Å²) in [4.78, 5) is 9.62. The average Bonchev–Trinajstić information content (AvgIpc) is 2.15. The number of benzene rings is 1. The van der Waals surface area contributed by atoms with Crippen LogP contribution in [0.2, 0.25) is 0 Å². The fourth-order valence-corrected chi connectivity index (χ4v) is 2.73. The molecule has 0 N–H and O–H groups in total. The highest BCUT2D eigenvalue weighted by molar-refractivity contribution is 14.1. The number of nitro benzene ring substituents is 1. The van der Waals surface area contributed by atoms with E-state index < -0.39 is 18.9 Å². The lowest BCUT2D eigenvalue weighted by atomic mass is 10.3. The van der Waals surface area contributed by atoms with Crippen molar-refractivity contribution in [1.29, 1.82) is 0 Å². The van der Waals surface area contributed by atoms with E-state index in [0.717, 1.165) is 6.07 Å². The standard InChI is InChI=1S/C8H7ClINO5S/c1-2-16-7-3-5(10)6(11(12)13)4-8(7)17(9,14)15/h3-4H,2H2,1H3. The van der Waals surface area contributed by atoms with Crippen molar-refractivity contribution in [2.24, 2.45) is 0 Å². The van der Waals surface area contributed by atoms with E-state index in [1.807, 2.05) is 0 Å². The van der Waals surface area contributed by atoms with Gasteiger partial charge in [0.1, 0.15) is 10.6 Å². The summed E-state index contributed by atoms with van der Waals surface area (Å²) in [5.41, 5.74) is -0.326. The van der Waals surface area contributed by atoms with E-state index in [9.17, 15) is 18.5 Å². The summed E-state index contributed by atoms with van der Waals surface area (Å²) in [6, 6.07) is 2.17. The SMILES string of the molecule is CCOc1cc(I)c([N+](=O)[O-])cc1S(=O)(=O)Cl. The van der Waals surface area contributed by atoms with Crippen LogP contribution in [0.5, 0.6) is 5.75 Å². The predicted octanol–water partition coefficient (Wildman–Crippen LogP) is 2.53. The van der Waals surface area contributed by atoms with Crippen molar-refractivity contribution in [3.05, 3.63) is 25.8 Å². The van der Waals surface area contributed by atoms with E-state index in [0.29, 0.717) is 0 Å². The number of nitrogens with zero attached hydrogens (tertiary/aromatic N) is 1. The second kappa shape index (κ2) is 5.36. The molecular formula is C8H7ClINO5S. The predicted molar refractivity (Wildman–Crippen MR) is 70.0 cm³/mol. The minimum Gasteiger partial charge on any atom is -0.492 e. The van der Waals surface area contributed by atoms with Crippen molar-refractivity contribution < 1.29 is 18.1 Å². The van der Waals surface area contributed by atoms with Gasteiger partial charge in [-0.2, -0.15) is 0 Å². The van der Waals surface area contributed by atoms with E-state index in [4.69, 9.17) is 15.4 Å². The van der Waals surface area contributed by atoms with Gasteiger partial charge in [0, 0.05) is 22.8 Å². The van der Waals surface area contributed by atoms with Gasteiger partial charge in [-0.05, 0) is 29.5 Å². The van der Waals surface area contributed by atoms with Gasteiger partial charge in [-0.3, -0.25) is 10.1 Å². The van der Waals surface area contributed by atoms with Crippen LogP contribution in [0.3, 0.4) is 0 Å². The molecule has 0 aliphatic heterocycles. The van der Waals surface area contributed by atoms with Gasteiger partial charge in [0.15, 0.2) is 0 Å². The van der Waals surface area contributed by atoms with Crippen molar-refractivity contribution in [3.63, 3.8) is 0 Å². The molecule has 9 heteroatoms. The van der Waals surface area contributed by atoms with Crippen molar-refractivity contribution in [2.75, 3.05) is 6.61 Å². The largest absolute Gasteiger partial charge is 0.492 e. The minimum atomic E-state index is -4.09. The molecule has 0 amide bonds. The van der Waals surface area contributed by atoms with Crippen molar-refractivity contribution in [1.82, 2.24) is 0 Å². The highest BCUT2D eigenvalue weighted by Crippen LogP contribution is 2.34. The van der Waals surface area contributed by atoms with Crippen LogP contribution < -0.4 is 4.74 Å². The average molecular weight is 392 g/mol. The number of nitro groups is 1. The highest BCUT2D eigenvalue weighted by atomic mass is 127. The molecular weight excluding hydrogens is 385 g/mol. The Bertz CT molecular complexity index is 559. The van der Waals surface area contributed by atoms with Crippen molar-refractivity contribution in [3.8, 4) is 5.75 Å². The fourth-order valence-electron chi connectivity index (χ4n) is 1.12. The maximum absolute atomic E-state index is 11.3. The van der Waals surface area contributed by atoms with Gasteiger partial charge in [-0.1, -0.05) is 0 Å². The first kappa shape index (κ1) is 14.5. The van der Waals surface area contributed by atoms with Crippen LogP contribution in [0.25, 0.3) is 0 Å². The number of hydrogen-bond donors (Lipinski definition) is 0. The quantitative estimate of drug-likeness (QED) is 0.341. The Kier molecular flexibility index (Phi) is 4.55. The van der Waals surface area contributed by atoms with Gasteiger partial charge in [-0.15, -0.1) is 0 Å². The van der Waals surface area contributed by atoms with Gasteiger partial charge in [-0.25, -0.2) is 8.42 Å². The topological polar surface area (TPSA) is 86.5 Å². The Hall–Kier alpha value is -0.610. The van der Waals surface area contributed by atoms with Crippen LogP contribution >= 0.6 is 33.3 Å². The molecule has 1 aromatic rings. The summed E-state index contributed by atoms with van der Waals surface area (Å²) < 4.78 is 27.9. The number of hydrogen-bond acceptors (Lipinski definition) is 5. The summed E-state index contributed by atoms with van der Waals surface area (Å²) in [6.07, 6.45) is 0. The maximum Gasteiger partial charge on any atom is 0.284 e. The lowest BCUT2D eigenvalue weighted by Gasteiger charge is -2.08. The molecule has 1 rings (SSSR count). The monoisotopic (exact) mass is 391 g/mol. The van der Waals surface area contributed by atoms with E-state index >= 15 is 0 Å². The minimum absolute atomic E-state index is 0.0116. The first-order valence-electron chi connectivity index (χ1n) is 4.32. The van der Waals surface area contributed by atoms with Crippen molar-refractivity contribution in [2.45, 2.75) is 11.8 Å². The zero-order chi connectivity index (χ0) is 13.2. The molecule has 0 spiro atoms. The molecule has 0 unspecified atom stereocenters. The Morgan fingerprint density at radius 1 is 1.53 bits per heavy atom. The van der Waals surface area contributed by atoms with Gasteiger partial charge >= 0.3 is 0 Å². The third-order valence-electron chi connectivity index (χ3n) is 1.77. The third kappa shape index (κ3) is 3.42. The fraction of sp³-hybridized carbons (Fsp3) is 0.250. The lowest BCUT2D eigenvalue weighted by Crippen LogP contribution is -2.02. The summed E-state index contributed by atoms with van der Waals surface area (Å²) in [6.45, 7) is 1.90. The Morgan fingerprint density at radius 2 is 2.12 bits per heavy atom. The smallest absolute Gasteiger partial charge is 0.284 e. The molecule has 0 saturated carbocycles. The number of ether oxygens (including phenoxy) is 1. The van der Waals surface area contributed by atoms with E-state index in [1.54, 1.807) is 29.5 Å². The van der Waals surface area contributed by atoms with Crippen LogP contribution in [0, 0.1) is 13.7 Å². The van der Waals surface area contributed by atoms with Gasteiger partial charge in [0.25, 0.3) is 14.7 Å². The molecule has 0 fully saturated rings. The summed E-state index contributed by atoms with van der Waals surface area (Å²) in [5.74, 6) is 0.0116. The molecule has 0 bridgehead atoms. The Labute approximate surface area is 116 Å². The van der Waals surface area contributed by atoms with Crippen molar-refractivity contribution >= 4 is 48.0 Å². The summed E-state index contributed by atoms with van der Waals surface area (Å²) >= 11 is 1.73. The lowest BCUT2D eigenvalue weighted by molar-refractivity contribution is -0.386. The molecule has 17 heavy (non-hydrogen) atoms. The molecule has 0 aliphatic rings. The Morgan fingerprint density at radius 3 is 2.53 bits per heavy atom. The second-order valence-corrected chi connectivity index (χ2v) is 6.57. The summed E-state index contributed by atoms with van der Waals surface area (Å²) in [5, 5.41) is 10.7. The van der Waals surface area contributed by atoms with Gasteiger partial charge < -0.3 is 4.74 Å². The molecule has 0 atom stereocenters. The van der Waals surface area contributed by atoms with Crippen LogP contribution in [-0.2, 0) is 9.05 Å². The second-order valence-electron chi connectivity index (χ2n) is 2.88. The van der Waals surface area contributed by atoms with E-state index in [-0.39, 0.29) is 21.6 Å². The molecule has 6 nitrogen and oxygen atoms in total. The molecule has 0 saturated heterocycles. The zero-order valence-electron chi connectivity index (χ0n) is 8.51. The molecule has 94 valence electrons. The zero-order valence-corrected chi connectivity index (χ0v) is 12.2. The van der Waals surface area contributed by atoms with Gasteiger partial charge in [0.2, 0.25) is 0 Å². The molecule has 0 aliphatic carbocycles. The van der Waals surface area contributed by atoms with Crippen LogP contribution in [-0.4, -0.2) is 19.9 Å². The highest BCUT2D eigenvalue weighted by Gasteiger charge is 2.24. The van der Waals surface area contributed by atoms with Crippen LogP contribution in [0.1, 0.15) is 6.92 Å². The third-order valence-corrected chi connectivity index (χ3v) is 3.98. The first-order valence-corrected chi connectivity index (χ1v) is 7.71. The number of halogens is 2. The van der Waals surface area contributed by atoms with Crippen LogP contribution in [0.4, 0.5) is 5.69 Å². The molecule has 0 aromatic heterocycles. The first-order chi connectivity index (χ1) is 7.77. The molecule has 1 aromatic carbocycles. The normalized spacial score (nSPS) is 11.2. The number of rotatable bonds is 4. The maximum atomic E-state index is 11.3. The van der Waals surface area contributed by atoms with E-state index in [1.165, 1.54) is 6.07 Å². The Balaban J connectivity index is 3.53.